The lowest BCUT2D eigenvalue weighted by molar-refractivity contribution is -0.0436. The maximum atomic E-state index is 14.4. The number of nitrogens with one attached hydrogen (secondary N) is 4. The average Bonchev–Trinajstić information content (AvgIpc) is 3.83. The van der Waals surface area contributed by atoms with Gasteiger partial charge in [0.15, 0.2) is 0 Å². The number of anilines is 2. The van der Waals surface area contributed by atoms with Crippen LogP contribution in [0.4, 0.5) is 34.1 Å². The van der Waals surface area contributed by atoms with Crippen LogP contribution >= 0.6 is 23.4 Å². The second-order valence-corrected chi connectivity index (χ2v) is 22.9. The van der Waals surface area contributed by atoms with Crippen molar-refractivity contribution in [2.45, 2.75) is 70.5 Å². The van der Waals surface area contributed by atoms with Crippen molar-refractivity contribution in [2.24, 2.45) is 5.92 Å². The van der Waals surface area contributed by atoms with E-state index in [9.17, 15) is 49.5 Å². The molecule has 2 aliphatic heterocycles. The normalized spacial score (nSPS) is 16.5. The molecular formula is C51H56ClF3N6O10S3. The standard InChI is InChI=1S/C51H56ClF3N6O10S3/c52-37-16-12-34(13-17-37)43-10-4-5-11-44(43)47(62)35-22-27-61(28-23-35)39-18-14-36(15-19-39)48(63)59-74(69,70)42-20-21-45(46(32-42)73(67,68)51(53,54)55)58-38(33-72-41-8-2-1-3-9-41)31-40-7-6-26-60(40)29-30-71-50(66)57-25-24-56-49(64)65/h1-5,8-21,32,35,38,40,47,56,58,62H,6-7,22-31,33H2,(H,57,66)(H,59,63)(H,64,65)/t38-,40+,47-/m1/s1. The van der Waals surface area contributed by atoms with E-state index in [1.165, 1.54) is 23.9 Å². The summed E-state index contributed by atoms with van der Waals surface area (Å²) in [7, 11) is -11.1. The first-order valence-electron chi connectivity index (χ1n) is 23.8. The number of halogens is 4. The minimum Gasteiger partial charge on any atom is -0.465 e. The van der Waals surface area contributed by atoms with Gasteiger partial charge in [0, 0.05) is 71.7 Å². The number of benzene rings is 5. The molecule has 2 saturated heterocycles. The van der Waals surface area contributed by atoms with E-state index in [2.05, 4.69) is 20.9 Å². The van der Waals surface area contributed by atoms with Gasteiger partial charge in [-0.3, -0.25) is 9.69 Å². The van der Waals surface area contributed by atoms with Crippen molar-refractivity contribution in [3.05, 3.63) is 137 Å². The molecule has 0 bridgehead atoms. The van der Waals surface area contributed by atoms with Gasteiger partial charge >= 0.3 is 17.7 Å². The number of carboxylic acid groups (broad SMARTS) is 1. The minimum atomic E-state index is -6.17. The molecule has 6 N–H and O–H groups in total. The fraction of sp³-hybridized carbons (Fsp3) is 0.353. The van der Waals surface area contributed by atoms with Crippen molar-refractivity contribution in [1.29, 1.82) is 0 Å². The quantitative estimate of drug-likeness (QED) is 0.0299. The summed E-state index contributed by atoms with van der Waals surface area (Å²) < 4.78 is 104. The van der Waals surface area contributed by atoms with E-state index < -0.39 is 71.1 Å². The Labute approximate surface area is 437 Å². The average molecular weight is 1100 g/mol. The zero-order chi connectivity index (χ0) is 53.0. The molecule has 5 aromatic carbocycles. The van der Waals surface area contributed by atoms with Crippen LogP contribution in [0.3, 0.4) is 0 Å². The van der Waals surface area contributed by atoms with Gasteiger partial charge in [0.2, 0.25) is 0 Å². The highest BCUT2D eigenvalue weighted by Gasteiger charge is 2.48. The highest BCUT2D eigenvalue weighted by atomic mass is 35.5. The van der Waals surface area contributed by atoms with Crippen LogP contribution in [0.1, 0.15) is 54.1 Å². The summed E-state index contributed by atoms with van der Waals surface area (Å²) >= 11 is 7.48. The van der Waals surface area contributed by atoms with E-state index in [1.54, 1.807) is 24.3 Å². The maximum Gasteiger partial charge on any atom is 0.501 e. The Balaban J connectivity index is 1.01. The first-order chi connectivity index (χ1) is 35.3. The van der Waals surface area contributed by atoms with Crippen molar-refractivity contribution in [2.75, 3.05) is 61.8 Å². The van der Waals surface area contributed by atoms with E-state index in [4.69, 9.17) is 21.4 Å². The number of carbonyl (C=O) groups excluding carboxylic acids is 2. The summed E-state index contributed by atoms with van der Waals surface area (Å²) in [6.07, 6.45) is 0.312. The van der Waals surface area contributed by atoms with Crippen LogP contribution in [-0.4, -0.2) is 119 Å². The van der Waals surface area contributed by atoms with E-state index >= 15 is 0 Å². The number of rotatable bonds is 21. The van der Waals surface area contributed by atoms with Gasteiger partial charge in [-0.1, -0.05) is 66.2 Å². The molecule has 0 spiro atoms. The molecule has 2 fully saturated rings. The van der Waals surface area contributed by atoms with Crippen LogP contribution < -0.4 is 25.6 Å². The highest BCUT2D eigenvalue weighted by molar-refractivity contribution is 7.99. The topological polar surface area (TPSA) is 224 Å². The number of aliphatic hydroxyl groups excluding tert-OH is 1. The Morgan fingerprint density at radius 3 is 2.19 bits per heavy atom. The molecule has 0 aliphatic carbocycles. The Morgan fingerprint density at radius 1 is 0.824 bits per heavy atom. The monoisotopic (exact) mass is 1100 g/mol. The molecule has 0 unspecified atom stereocenters. The first kappa shape index (κ1) is 55.7. The second-order valence-electron chi connectivity index (χ2n) is 17.8. The third kappa shape index (κ3) is 14.6. The third-order valence-corrected chi connectivity index (χ3v) is 17.2. The SMILES string of the molecule is O=C(O)NCCNC(=O)OCCN1CCC[C@H]1C[C@H](CSc1ccccc1)Nc1ccc(S(=O)(=O)NC(=O)c2ccc(N3CCC([C@@H](O)c4ccccc4-c4ccc(Cl)cc4)CC3)cc2)cc1S(=O)(=O)C(F)(F)F. The zero-order valence-corrected chi connectivity index (χ0v) is 43.0. The number of sulfone groups is 1. The van der Waals surface area contributed by atoms with Crippen LogP contribution in [-0.2, 0) is 24.6 Å². The van der Waals surface area contributed by atoms with Gasteiger partial charge in [0.05, 0.1) is 16.7 Å². The molecule has 0 radical (unpaired) electrons. The molecule has 16 nitrogen and oxygen atoms in total. The molecule has 0 aromatic heterocycles. The predicted octanol–water partition coefficient (Wildman–Crippen LogP) is 8.79. The van der Waals surface area contributed by atoms with E-state index in [-0.39, 0.29) is 43.0 Å². The number of thioether (sulfide) groups is 1. The highest BCUT2D eigenvalue weighted by Crippen LogP contribution is 2.39. The largest absolute Gasteiger partial charge is 0.501 e. The number of likely N-dealkylation sites (tertiary alicyclic amines) is 1. The van der Waals surface area contributed by atoms with Gasteiger partial charge in [-0.25, -0.2) is 31.1 Å². The van der Waals surface area contributed by atoms with Crippen LogP contribution in [0.2, 0.25) is 5.02 Å². The lowest BCUT2D eigenvalue weighted by Gasteiger charge is -2.36. The molecule has 7 rings (SSSR count). The summed E-state index contributed by atoms with van der Waals surface area (Å²) in [4.78, 5) is 38.9. The van der Waals surface area contributed by atoms with E-state index in [0.717, 1.165) is 45.8 Å². The third-order valence-electron chi connectivity index (χ3n) is 12.9. The molecular weight excluding hydrogens is 1050 g/mol. The summed E-state index contributed by atoms with van der Waals surface area (Å²) in [5.41, 5.74) is -3.00. The van der Waals surface area contributed by atoms with Crippen molar-refractivity contribution >= 4 is 72.7 Å². The van der Waals surface area contributed by atoms with Crippen LogP contribution in [0.5, 0.6) is 0 Å². The number of alkyl carbamates (subject to hydrolysis) is 1. The summed E-state index contributed by atoms with van der Waals surface area (Å²) in [6.45, 7) is 2.04. The smallest absolute Gasteiger partial charge is 0.465 e. The summed E-state index contributed by atoms with van der Waals surface area (Å²) in [5.74, 6) is -0.891. The Kier molecular flexibility index (Phi) is 18.8. The Morgan fingerprint density at radius 2 is 1.50 bits per heavy atom. The van der Waals surface area contributed by atoms with Crippen molar-refractivity contribution in [3.63, 3.8) is 0 Å². The van der Waals surface area contributed by atoms with Crippen LogP contribution in [0.25, 0.3) is 11.1 Å². The molecule has 5 aromatic rings. The minimum absolute atomic E-state index is 0.00626. The molecule has 2 heterocycles. The lowest BCUT2D eigenvalue weighted by Crippen LogP contribution is -2.39. The van der Waals surface area contributed by atoms with Gasteiger partial charge < -0.3 is 35.8 Å². The molecule has 23 heteroatoms. The fourth-order valence-electron chi connectivity index (χ4n) is 9.10. The number of alkyl halides is 3. The summed E-state index contributed by atoms with van der Waals surface area (Å²) in [6, 6.07) is 31.7. The van der Waals surface area contributed by atoms with Gasteiger partial charge in [0.25, 0.3) is 25.8 Å². The summed E-state index contributed by atoms with van der Waals surface area (Å²) in [5, 5.41) is 28.4. The van der Waals surface area contributed by atoms with E-state index in [0.29, 0.717) is 63.0 Å². The molecule has 396 valence electrons. The molecule has 74 heavy (non-hydrogen) atoms. The fourth-order valence-corrected chi connectivity index (χ4v) is 12.2. The second kappa shape index (κ2) is 25.0. The number of aliphatic hydroxyl groups is 1. The van der Waals surface area contributed by atoms with Gasteiger partial charge in [0.1, 0.15) is 11.5 Å². The van der Waals surface area contributed by atoms with Gasteiger partial charge in [-0.2, -0.15) is 13.2 Å². The zero-order valence-electron chi connectivity index (χ0n) is 39.8. The first-order valence-corrected chi connectivity index (χ1v) is 28.1. The molecule has 3 atom stereocenters. The number of ether oxygens (including phenoxy) is 1. The number of hydrogen-bond acceptors (Lipinski definition) is 13. The number of carbonyl (C=O) groups is 3. The van der Waals surface area contributed by atoms with Crippen molar-refractivity contribution in [3.8, 4) is 11.1 Å². The molecule has 2 aliphatic rings. The molecule has 0 saturated carbocycles. The number of piperidine rings is 1. The lowest BCUT2D eigenvalue weighted by atomic mass is 9.84. The van der Waals surface area contributed by atoms with Crippen LogP contribution in [0.15, 0.2) is 136 Å². The van der Waals surface area contributed by atoms with E-state index in [1.807, 2.05) is 76.4 Å². The van der Waals surface area contributed by atoms with Crippen molar-refractivity contribution < 1.29 is 59.3 Å². The van der Waals surface area contributed by atoms with Crippen molar-refractivity contribution in [1.82, 2.24) is 20.3 Å². The van der Waals surface area contributed by atoms with Gasteiger partial charge in [-0.05, 0) is 128 Å². The number of amides is 3. The maximum absolute atomic E-state index is 14.4. The Bertz CT molecular complexity index is 2950. The number of nitrogens with zero attached hydrogens (tertiary/aromatic N) is 2. The number of sulfonamides is 1. The Hall–Kier alpha value is -6.04. The number of hydrogen-bond donors (Lipinski definition) is 6. The van der Waals surface area contributed by atoms with Gasteiger partial charge in [-0.15, -0.1) is 11.8 Å². The molecule has 3 amide bonds. The van der Waals surface area contributed by atoms with Crippen LogP contribution in [0, 0.1) is 5.92 Å². The predicted molar refractivity (Wildman–Crippen MR) is 277 cm³/mol.